The summed E-state index contributed by atoms with van der Waals surface area (Å²) in [4.78, 5) is 37.2. The van der Waals surface area contributed by atoms with Crippen LogP contribution in [0.3, 0.4) is 0 Å². The van der Waals surface area contributed by atoms with Crippen molar-refractivity contribution >= 4 is 24.3 Å². The van der Waals surface area contributed by atoms with E-state index < -0.39 is 31.1 Å². The number of hydrogen-bond donors (Lipinski definition) is 3. The topological polar surface area (TPSA) is 138 Å². The largest absolute Gasteiger partial charge is 0.418 e. The van der Waals surface area contributed by atoms with Crippen molar-refractivity contribution in [2.75, 3.05) is 0 Å². The molecule has 158 valence electrons. The number of alkyl halides is 3. The Morgan fingerprint density at radius 2 is 1.93 bits per heavy atom. The van der Waals surface area contributed by atoms with E-state index in [0.29, 0.717) is 12.2 Å². The van der Waals surface area contributed by atoms with E-state index in [2.05, 4.69) is 20.2 Å². The van der Waals surface area contributed by atoms with Crippen LogP contribution < -0.4 is 5.56 Å². The average molecular weight is 442 g/mol. The number of nitrogens with zero attached hydrogens (tertiary/aromatic N) is 5. The lowest BCUT2D eigenvalue weighted by Crippen LogP contribution is -2.16. The van der Waals surface area contributed by atoms with Crippen LogP contribution in [0.1, 0.15) is 24.1 Å². The highest BCUT2D eigenvalue weighted by Crippen LogP contribution is 2.40. The Bertz CT molecular complexity index is 1380. The van der Waals surface area contributed by atoms with Crippen molar-refractivity contribution in [3.05, 3.63) is 52.1 Å². The summed E-state index contributed by atoms with van der Waals surface area (Å²) in [5.41, 5.74) is -2.54. The molecule has 4 aromatic rings. The molecule has 0 saturated carbocycles. The minimum atomic E-state index is -4.74. The third-order valence-electron chi connectivity index (χ3n) is 4.48. The van der Waals surface area contributed by atoms with Crippen LogP contribution in [0.5, 0.6) is 0 Å². The molecule has 0 bridgehead atoms. The van der Waals surface area contributed by atoms with Gasteiger partial charge in [0.1, 0.15) is 17.8 Å². The van der Waals surface area contributed by atoms with E-state index in [1.165, 1.54) is 17.0 Å². The number of imidazole rings is 1. The van der Waals surface area contributed by atoms with E-state index in [-0.39, 0.29) is 28.2 Å². The number of fused-ring (bicyclic) bond motifs is 3. The van der Waals surface area contributed by atoms with Gasteiger partial charge >= 0.3 is 13.8 Å². The number of aromatic nitrogens is 6. The zero-order valence-corrected chi connectivity index (χ0v) is 16.1. The molecule has 1 aromatic carbocycles. The molecule has 30 heavy (non-hydrogen) atoms. The molecule has 0 unspecified atom stereocenters. The first-order valence-corrected chi connectivity index (χ1v) is 10.4. The predicted molar refractivity (Wildman–Crippen MR) is 98.4 cm³/mol. The SMILES string of the molecule is CCc1nccn1-c1cc2c(cc1C(F)(F)F)[nH]c(=O)c1nnc(CP(=O)(O)O)n12. The van der Waals surface area contributed by atoms with Crippen molar-refractivity contribution in [2.45, 2.75) is 25.7 Å². The lowest BCUT2D eigenvalue weighted by Gasteiger charge is -2.17. The van der Waals surface area contributed by atoms with E-state index in [4.69, 9.17) is 0 Å². The molecule has 3 N–H and O–H groups in total. The Morgan fingerprint density at radius 1 is 1.20 bits per heavy atom. The second-order valence-corrected chi connectivity index (χ2v) is 8.15. The summed E-state index contributed by atoms with van der Waals surface area (Å²) >= 11 is 0. The van der Waals surface area contributed by atoms with Crippen molar-refractivity contribution in [3.8, 4) is 5.69 Å². The maximum atomic E-state index is 13.8. The molecule has 0 radical (unpaired) electrons. The molecule has 3 heterocycles. The van der Waals surface area contributed by atoms with Crippen LogP contribution in [0.25, 0.3) is 22.4 Å². The molecule has 0 aliphatic heterocycles. The quantitative estimate of drug-likeness (QED) is 0.411. The number of aryl methyl sites for hydroxylation is 1. The van der Waals surface area contributed by atoms with Gasteiger partial charge in [-0.1, -0.05) is 6.92 Å². The third-order valence-corrected chi connectivity index (χ3v) is 5.18. The number of aromatic amines is 1. The highest BCUT2D eigenvalue weighted by Gasteiger charge is 2.35. The fraction of sp³-hybridized carbons (Fsp3) is 0.250. The Kier molecular flexibility index (Phi) is 4.56. The minimum Gasteiger partial charge on any atom is -0.324 e. The van der Waals surface area contributed by atoms with Gasteiger partial charge in [-0.15, -0.1) is 10.2 Å². The smallest absolute Gasteiger partial charge is 0.324 e. The Morgan fingerprint density at radius 3 is 2.57 bits per heavy atom. The Balaban J connectivity index is 2.14. The summed E-state index contributed by atoms with van der Waals surface area (Å²) in [6.45, 7) is 1.74. The van der Waals surface area contributed by atoms with Crippen molar-refractivity contribution in [1.29, 1.82) is 0 Å². The minimum absolute atomic E-state index is 0.0526. The van der Waals surface area contributed by atoms with E-state index in [9.17, 15) is 32.3 Å². The van der Waals surface area contributed by atoms with E-state index in [1.54, 1.807) is 6.92 Å². The normalized spacial score (nSPS) is 12.9. The third kappa shape index (κ3) is 3.40. The van der Waals surface area contributed by atoms with E-state index in [0.717, 1.165) is 16.5 Å². The first-order chi connectivity index (χ1) is 14.0. The van der Waals surface area contributed by atoms with Gasteiger partial charge in [0.25, 0.3) is 5.56 Å². The first kappa shape index (κ1) is 20.3. The molecule has 3 aromatic heterocycles. The number of benzene rings is 1. The summed E-state index contributed by atoms with van der Waals surface area (Å²) in [6.07, 6.45) is -2.48. The van der Waals surface area contributed by atoms with Crippen molar-refractivity contribution < 1.29 is 27.5 Å². The van der Waals surface area contributed by atoms with Gasteiger partial charge in [-0.3, -0.25) is 13.8 Å². The van der Waals surface area contributed by atoms with Crippen LogP contribution in [-0.4, -0.2) is 38.9 Å². The molecule has 0 spiro atoms. The number of rotatable bonds is 4. The summed E-state index contributed by atoms with van der Waals surface area (Å²) < 4.78 is 55.2. The molecule has 0 atom stereocenters. The number of hydrogen-bond acceptors (Lipinski definition) is 5. The van der Waals surface area contributed by atoms with Crippen molar-refractivity contribution in [1.82, 2.24) is 29.1 Å². The number of nitrogens with one attached hydrogen (secondary N) is 1. The van der Waals surface area contributed by atoms with Gasteiger partial charge in [0, 0.05) is 18.8 Å². The predicted octanol–water partition coefficient (Wildman–Crippen LogP) is 2.02. The van der Waals surface area contributed by atoms with Crippen LogP contribution in [0.2, 0.25) is 0 Å². The second kappa shape index (κ2) is 6.76. The molecular weight excluding hydrogens is 428 g/mol. The van der Waals surface area contributed by atoms with Crippen LogP contribution in [0.15, 0.2) is 29.3 Å². The highest BCUT2D eigenvalue weighted by molar-refractivity contribution is 7.50. The summed E-state index contributed by atoms with van der Waals surface area (Å²) in [5.74, 6) is 0.126. The van der Waals surface area contributed by atoms with Crippen LogP contribution in [0, 0.1) is 0 Å². The van der Waals surface area contributed by atoms with Gasteiger partial charge in [0.05, 0.1) is 22.3 Å². The van der Waals surface area contributed by atoms with Gasteiger partial charge in [0.2, 0.25) is 5.65 Å². The van der Waals surface area contributed by atoms with E-state index in [1.807, 2.05) is 0 Å². The van der Waals surface area contributed by atoms with Crippen molar-refractivity contribution in [3.63, 3.8) is 0 Å². The first-order valence-electron chi connectivity index (χ1n) is 8.58. The lowest BCUT2D eigenvalue weighted by molar-refractivity contribution is -0.137. The molecule has 0 amide bonds. The molecule has 4 rings (SSSR count). The molecule has 14 heteroatoms. The van der Waals surface area contributed by atoms with E-state index >= 15 is 0 Å². The fourth-order valence-corrected chi connectivity index (χ4v) is 3.86. The van der Waals surface area contributed by atoms with Gasteiger partial charge in [-0.05, 0) is 12.1 Å². The lowest BCUT2D eigenvalue weighted by atomic mass is 10.1. The molecule has 0 fully saturated rings. The molecule has 0 saturated heterocycles. The maximum absolute atomic E-state index is 13.8. The zero-order valence-electron chi connectivity index (χ0n) is 15.3. The molecule has 10 nitrogen and oxygen atoms in total. The Hall–Kier alpha value is -3.02. The van der Waals surface area contributed by atoms with Gasteiger partial charge in [-0.2, -0.15) is 13.2 Å². The highest BCUT2D eigenvalue weighted by atomic mass is 31.2. The standard InChI is InChI=1S/C16H14F3N6O4P/c1-2-12-20-3-4-24(12)10-6-11-9(5-8(10)16(17,18)19)21-15(26)14-23-22-13(25(11)14)7-30(27,28)29/h3-6H,2,7H2,1H3,(H,21,26)(H2,27,28,29). The average Bonchev–Trinajstić information content (AvgIpc) is 3.26. The molecule has 0 aliphatic carbocycles. The summed E-state index contributed by atoms with van der Waals surface area (Å²) in [7, 11) is -4.59. The van der Waals surface area contributed by atoms with Crippen LogP contribution >= 0.6 is 7.60 Å². The van der Waals surface area contributed by atoms with Crippen molar-refractivity contribution in [2.24, 2.45) is 0 Å². The van der Waals surface area contributed by atoms with Crippen LogP contribution in [-0.2, 0) is 23.3 Å². The summed E-state index contributed by atoms with van der Waals surface area (Å²) in [5, 5.41) is 7.28. The van der Waals surface area contributed by atoms with Crippen LogP contribution in [0.4, 0.5) is 13.2 Å². The number of halogens is 3. The fourth-order valence-electron chi connectivity index (χ4n) is 3.29. The number of H-pyrrole nitrogens is 1. The Labute approximate surface area is 165 Å². The summed E-state index contributed by atoms with van der Waals surface area (Å²) in [6, 6.07) is 1.93. The van der Waals surface area contributed by atoms with Gasteiger partial charge < -0.3 is 19.3 Å². The zero-order chi connectivity index (χ0) is 21.8. The van der Waals surface area contributed by atoms with Gasteiger partial charge in [0.15, 0.2) is 0 Å². The molecular formula is C16H14F3N6O4P. The monoisotopic (exact) mass is 442 g/mol. The second-order valence-electron chi connectivity index (χ2n) is 6.50. The molecule has 0 aliphatic rings. The maximum Gasteiger partial charge on any atom is 0.418 e. The van der Waals surface area contributed by atoms with Gasteiger partial charge in [-0.25, -0.2) is 4.98 Å².